The quantitative estimate of drug-likeness (QED) is 0.784. The fourth-order valence-corrected chi connectivity index (χ4v) is 2.23. The van der Waals surface area contributed by atoms with E-state index in [4.69, 9.17) is 0 Å². The smallest absolute Gasteiger partial charge is 0.270 e. The molecule has 1 aromatic heterocycles. The van der Waals surface area contributed by atoms with Gasteiger partial charge in [-0.15, -0.1) is 0 Å². The van der Waals surface area contributed by atoms with Gasteiger partial charge in [-0.2, -0.15) is 0 Å². The van der Waals surface area contributed by atoms with Crippen LogP contribution in [0.3, 0.4) is 0 Å². The zero-order valence-corrected chi connectivity index (χ0v) is 13.6. The van der Waals surface area contributed by atoms with Crippen LogP contribution in [-0.2, 0) is 4.79 Å². The second-order valence-corrected chi connectivity index (χ2v) is 5.85. The van der Waals surface area contributed by atoms with E-state index >= 15 is 0 Å². The first-order valence-corrected chi connectivity index (χ1v) is 7.81. The van der Waals surface area contributed by atoms with E-state index in [2.05, 4.69) is 25.9 Å². The Morgan fingerprint density at radius 1 is 1.12 bits per heavy atom. The summed E-state index contributed by atoms with van der Waals surface area (Å²) in [5, 5.41) is 8.70. The van der Waals surface area contributed by atoms with Crippen molar-refractivity contribution in [3.63, 3.8) is 0 Å². The first-order valence-electron chi connectivity index (χ1n) is 7.81. The normalized spacial score (nSPS) is 13.2. The van der Waals surface area contributed by atoms with Crippen molar-refractivity contribution in [2.45, 2.75) is 32.7 Å². The molecular weight excluding hydrogens is 306 g/mol. The van der Waals surface area contributed by atoms with Gasteiger partial charge in [-0.1, -0.05) is 6.07 Å². The summed E-state index contributed by atoms with van der Waals surface area (Å²) >= 11 is 0. The molecule has 0 radical (unpaired) electrons. The molecular formula is C17H19N5O2. The highest BCUT2D eigenvalue weighted by Gasteiger charge is 2.24. The summed E-state index contributed by atoms with van der Waals surface area (Å²) in [6, 6.07) is 9.15. The van der Waals surface area contributed by atoms with Crippen LogP contribution in [0.25, 0.3) is 0 Å². The maximum Gasteiger partial charge on any atom is 0.270 e. The zero-order chi connectivity index (χ0) is 17.1. The minimum Gasteiger partial charge on any atom is -0.348 e. The lowest BCUT2D eigenvalue weighted by Crippen LogP contribution is -2.26. The fraction of sp³-hybridized carbons (Fsp3) is 0.294. The zero-order valence-electron chi connectivity index (χ0n) is 13.6. The summed E-state index contributed by atoms with van der Waals surface area (Å²) in [6.45, 7) is 3.27. The van der Waals surface area contributed by atoms with Gasteiger partial charge in [0, 0.05) is 30.0 Å². The number of nitrogens with one attached hydrogen (secondary N) is 3. The van der Waals surface area contributed by atoms with E-state index in [1.807, 2.05) is 19.1 Å². The number of hydrogen-bond acceptors (Lipinski definition) is 5. The number of aryl methyl sites for hydroxylation is 1. The third-order valence-corrected chi connectivity index (χ3v) is 3.44. The van der Waals surface area contributed by atoms with Crippen LogP contribution in [0.1, 0.15) is 35.9 Å². The summed E-state index contributed by atoms with van der Waals surface area (Å²) in [6.07, 6.45) is 2.05. The van der Waals surface area contributed by atoms with Crippen LogP contribution in [-0.4, -0.2) is 27.8 Å². The van der Waals surface area contributed by atoms with Gasteiger partial charge in [-0.05, 0) is 44.0 Å². The first kappa shape index (κ1) is 15.9. The van der Waals surface area contributed by atoms with Gasteiger partial charge in [0.1, 0.15) is 5.69 Å². The molecule has 1 aromatic carbocycles. The fourth-order valence-electron chi connectivity index (χ4n) is 2.23. The lowest BCUT2D eigenvalue weighted by Gasteiger charge is -2.10. The monoisotopic (exact) mass is 325 g/mol. The number of hydrogen-bond donors (Lipinski definition) is 3. The molecule has 7 heteroatoms. The molecule has 1 aliphatic carbocycles. The minimum absolute atomic E-state index is 0.141. The molecule has 7 nitrogen and oxygen atoms in total. The van der Waals surface area contributed by atoms with Gasteiger partial charge in [0.2, 0.25) is 11.9 Å². The lowest BCUT2D eigenvalue weighted by molar-refractivity contribution is -0.114. The molecule has 3 rings (SSSR count). The van der Waals surface area contributed by atoms with Crippen molar-refractivity contribution in [2.24, 2.45) is 0 Å². The molecule has 2 amide bonds. The number of anilines is 3. The number of aromatic nitrogens is 2. The molecule has 1 fully saturated rings. The Bertz CT molecular complexity index is 786. The Labute approximate surface area is 139 Å². The summed E-state index contributed by atoms with van der Waals surface area (Å²) in [5.41, 5.74) is 2.44. The highest BCUT2D eigenvalue weighted by molar-refractivity contribution is 5.93. The minimum atomic E-state index is -0.182. The number of carbonyl (C=O) groups is 2. The molecule has 1 aliphatic rings. The number of nitrogens with zero attached hydrogens (tertiary/aromatic N) is 2. The predicted octanol–water partition coefficient (Wildman–Crippen LogP) is 2.38. The van der Waals surface area contributed by atoms with Crippen LogP contribution >= 0.6 is 0 Å². The van der Waals surface area contributed by atoms with Gasteiger partial charge >= 0.3 is 0 Å². The average molecular weight is 325 g/mol. The molecule has 0 unspecified atom stereocenters. The SMILES string of the molecule is CC(=O)Nc1cccc(Nc2nc(C)cc(C(=O)NC3CC3)n2)c1. The average Bonchev–Trinajstić information content (AvgIpc) is 3.30. The Morgan fingerprint density at radius 3 is 2.58 bits per heavy atom. The largest absolute Gasteiger partial charge is 0.348 e. The van der Waals surface area contributed by atoms with Crippen molar-refractivity contribution in [2.75, 3.05) is 10.6 Å². The number of rotatable bonds is 5. The van der Waals surface area contributed by atoms with E-state index in [-0.39, 0.29) is 17.9 Å². The van der Waals surface area contributed by atoms with E-state index in [1.54, 1.807) is 18.2 Å². The molecule has 0 aliphatic heterocycles. The van der Waals surface area contributed by atoms with Crippen LogP contribution < -0.4 is 16.0 Å². The molecule has 0 bridgehead atoms. The molecule has 0 atom stereocenters. The number of amides is 2. The van der Waals surface area contributed by atoms with E-state index in [0.717, 1.165) is 18.5 Å². The Kier molecular flexibility index (Phi) is 4.41. The molecule has 1 heterocycles. The highest BCUT2D eigenvalue weighted by atomic mass is 16.2. The van der Waals surface area contributed by atoms with Crippen LogP contribution in [0, 0.1) is 6.92 Å². The third kappa shape index (κ3) is 4.28. The van der Waals surface area contributed by atoms with E-state index in [9.17, 15) is 9.59 Å². The maximum absolute atomic E-state index is 12.2. The first-order chi connectivity index (χ1) is 11.5. The van der Waals surface area contributed by atoms with E-state index in [1.165, 1.54) is 6.92 Å². The Morgan fingerprint density at radius 2 is 1.88 bits per heavy atom. The van der Waals surface area contributed by atoms with Gasteiger partial charge in [-0.3, -0.25) is 9.59 Å². The van der Waals surface area contributed by atoms with Gasteiger partial charge in [0.15, 0.2) is 0 Å². The molecule has 0 saturated heterocycles. The van der Waals surface area contributed by atoms with Crippen LogP contribution in [0.2, 0.25) is 0 Å². The summed E-state index contributed by atoms with van der Waals surface area (Å²) in [4.78, 5) is 31.9. The molecule has 0 spiro atoms. The topological polar surface area (TPSA) is 96.0 Å². The summed E-state index contributed by atoms with van der Waals surface area (Å²) < 4.78 is 0. The molecule has 1 saturated carbocycles. The second-order valence-electron chi connectivity index (χ2n) is 5.85. The van der Waals surface area contributed by atoms with Crippen molar-refractivity contribution in [3.8, 4) is 0 Å². The molecule has 2 aromatic rings. The van der Waals surface area contributed by atoms with Crippen molar-refractivity contribution >= 4 is 29.1 Å². The third-order valence-electron chi connectivity index (χ3n) is 3.44. The summed E-state index contributed by atoms with van der Waals surface area (Å²) in [5.74, 6) is 0.0203. The van der Waals surface area contributed by atoms with Crippen molar-refractivity contribution < 1.29 is 9.59 Å². The Balaban J connectivity index is 1.78. The van der Waals surface area contributed by atoms with Crippen molar-refractivity contribution in [3.05, 3.63) is 41.7 Å². The second kappa shape index (κ2) is 6.66. The van der Waals surface area contributed by atoms with Gasteiger partial charge < -0.3 is 16.0 Å². The van der Waals surface area contributed by atoms with Gasteiger partial charge in [0.05, 0.1) is 0 Å². The molecule has 24 heavy (non-hydrogen) atoms. The van der Waals surface area contributed by atoms with Crippen LogP contribution in [0.4, 0.5) is 17.3 Å². The molecule has 3 N–H and O–H groups in total. The van der Waals surface area contributed by atoms with E-state index < -0.39 is 0 Å². The van der Waals surface area contributed by atoms with Gasteiger partial charge in [-0.25, -0.2) is 9.97 Å². The highest BCUT2D eigenvalue weighted by Crippen LogP contribution is 2.20. The summed E-state index contributed by atoms with van der Waals surface area (Å²) in [7, 11) is 0. The maximum atomic E-state index is 12.2. The Hall–Kier alpha value is -2.96. The van der Waals surface area contributed by atoms with Crippen molar-refractivity contribution in [1.82, 2.24) is 15.3 Å². The lowest BCUT2D eigenvalue weighted by atomic mass is 10.2. The van der Waals surface area contributed by atoms with Gasteiger partial charge in [0.25, 0.3) is 5.91 Å². The predicted molar refractivity (Wildman–Crippen MR) is 91.3 cm³/mol. The van der Waals surface area contributed by atoms with Crippen molar-refractivity contribution in [1.29, 1.82) is 0 Å². The standard InChI is InChI=1S/C17H19N5O2/c1-10-8-15(16(24)20-12-6-7-12)22-17(18-10)21-14-5-3-4-13(9-14)19-11(2)23/h3-5,8-9,12H,6-7H2,1-2H3,(H,19,23)(H,20,24)(H,18,21,22). The molecule has 124 valence electrons. The van der Waals surface area contributed by atoms with Crippen LogP contribution in [0.15, 0.2) is 30.3 Å². The van der Waals surface area contributed by atoms with Crippen LogP contribution in [0.5, 0.6) is 0 Å². The number of benzene rings is 1. The van der Waals surface area contributed by atoms with E-state index in [0.29, 0.717) is 23.0 Å². The number of carbonyl (C=O) groups excluding carboxylic acids is 2.